The van der Waals surface area contributed by atoms with Gasteiger partial charge in [0.2, 0.25) is 17.4 Å². The summed E-state index contributed by atoms with van der Waals surface area (Å²) in [6.07, 6.45) is 8.56. The molecule has 0 bridgehead atoms. The first-order chi connectivity index (χ1) is 27.6. The quantitative estimate of drug-likeness (QED) is 0.0473. The van der Waals surface area contributed by atoms with Crippen LogP contribution in [-0.2, 0) is 24.4 Å². The number of hydrogen-bond donors (Lipinski definition) is 1. The largest absolute Gasteiger partial charge is 0.507 e. The second-order valence-corrected chi connectivity index (χ2v) is 22.7. The maximum atomic E-state index is 15.4. The van der Waals surface area contributed by atoms with Crippen molar-refractivity contribution in [2.45, 2.75) is 109 Å². The summed E-state index contributed by atoms with van der Waals surface area (Å²) in [5, 5.41) is 16.8. The molecule has 58 heavy (non-hydrogen) atoms. The zero-order valence-corrected chi connectivity index (χ0v) is 36.7. The molecule has 1 unspecified atom stereocenters. The number of methoxy groups -OCH3 is 3. The maximum absolute atomic E-state index is 15.4. The van der Waals surface area contributed by atoms with Crippen molar-refractivity contribution >= 4 is 31.2 Å². The van der Waals surface area contributed by atoms with E-state index < -0.39 is 54.4 Å². The highest BCUT2D eigenvalue weighted by Crippen LogP contribution is 2.64. The molecule has 12 nitrogen and oxygen atoms in total. The van der Waals surface area contributed by atoms with E-state index >= 15 is 4.79 Å². The number of aromatic nitrogens is 1. The molecule has 6 rings (SSSR count). The van der Waals surface area contributed by atoms with Crippen LogP contribution in [0.2, 0.25) is 25.7 Å². The molecule has 314 valence electrons. The average Bonchev–Trinajstić information content (AvgIpc) is 3.75. The molecule has 0 saturated heterocycles. The summed E-state index contributed by atoms with van der Waals surface area (Å²) in [5.41, 5.74) is 1.05. The van der Waals surface area contributed by atoms with Crippen molar-refractivity contribution in [1.82, 2.24) is 5.16 Å². The van der Waals surface area contributed by atoms with Crippen LogP contribution in [0.15, 0.2) is 51.8 Å². The molecular formula is C45H59NO11Si. The Balaban J connectivity index is 1.67. The molecule has 0 aliphatic heterocycles. The minimum absolute atomic E-state index is 0.00336. The highest BCUT2D eigenvalue weighted by Gasteiger charge is 2.66. The Kier molecular flexibility index (Phi) is 12.4. The topological polar surface area (TPSA) is 153 Å². The summed E-state index contributed by atoms with van der Waals surface area (Å²) >= 11 is 0. The second-order valence-electron chi connectivity index (χ2n) is 17.1. The Morgan fingerprint density at radius 2 is 1.67 bits per heavy atom. The molecule has 1 heterocycles. The van der Waals surface area contributed by atoms with Gasteiger partial charge in [-0.2, -0.15) is 0 Å². The summed E-state index contributed by atoms with van der Waals surface area (Å²) in [6, 6.07) is 2.43. The van der Waals surface area contributed by atoms with Gasteiger partial charge in [-0.05, 0) is 48.4 Å². The fourth-order valence-corrected chi connectivity index (χ4v) is 9.64. The number of nitrogens with zero attached hydrogens (tertiary/aromatic N) is 1. The standard InChI is InChI=1S/C45H59NO11Si/c1-12-15-18-25(4)44(5)24-26-29-30(27(54-19-16-13-2)23-28(51-6)36(29)44)38(47)31-35(26)45(52-7,53-8)37-32(39(31)48)40(49)34-41(57-46-42(34)55-20-17-14-3)33(37)43(50)56-21-22-58(9,10)11/h12,23-25,33,37,48H,1,13-22H2,2-11H3/t25?,33-,37+,44-/m0/s1. The van der Waals surface area contributed by atoms with Gasteiger partial charge in [-0.1, -0.05) is 72.3 Å². The van der Waals surface area contributed by atoms with Crippen molar-refractivity contribution in [2.24, 2.45) is 11.8 Å². The van der Waals surface area contributed by atoms with Gasteiger partial charge in [0.1, 0.15) is 28.7 Å². The number of aliphatic hydroxyl groups excluding tert-OH is 1. The molecule has 1 aromatic heterocycles. The molecule has 4 aliphatic rings. The van der Waals surface area contributed by atoms with Crippen LogP contribution >= 0.6 is 0 Å². The van der Waals surface area contributed by atoms with Crippen molar-refractivity contribution in [3.63, 3.8) is 0 Å². The van der Waals surface area contributed by atoms with Gasteiger partial charge in [0.15, 0.2) is 5.76 Å². The number of Topliss-reactive ketones (excluding diaryl/α,β-unsaturated/α-hetero) is 2. The van der Waals surface area contributed by atoms with Crippen molar-refractivity contribution < 1.29 is 52.4 Å². The van der Waals surface area contributed by atoms with Crippen LogP contribution < -0.4 is 14.2 Å². The lowest BCUT2D eigenvalue weighted by atomic mass is 9.61. The molecule has 0 saturated carbocycles. The zero-order valence-electron chi connectivity index (χ0n) is 35.7. The summed E-state index contributed by atoms with van der Waals surface area (Å²) in [7, 11) is 2.73. The van der Waals surface area contributed by atoms with E-state index in [-0.39, 0.29) is 58.6 Å². The number of fused-ring (bicyclic) bond motifs is 3. The van der Waals surface area contributed by atoms with Crippen molar-refractivity contribution in [2.75, 3.05) is 41.2 Å². The molecule has 13 heteroatoms. The molecule has 0 spiro atoms. The predicted octanol–water partition coefficient (Wildman–Crippen LogP) is 9.08. The second kappa shape index (κ2) is 16.7. The minimum atomic E-state index is -2.01. The molecule has 4 aliphatic carbocycles. The predicted molar refractivity (Wildman–Crippen MR) is 222 cm³/mol. The van der Waals surface area contributed by atoms with E-state index in [9.17, 15) is 14.7 Å². The first kappa shape index (κ1) is 43.1. The Hall–Kier alpha value is -4.46. The van der Waals surface area contributed by atoms with Crippen LogP contribution in [-0.4, -0.2) is 82.8 Å². The van der Waals surface area contributed by atoms with Crippen molar-refractivity contribution in [3.8, 4) is 17.4 Å². The van der Waals surface area contributed by atoms with Crippen LogP contribution in [0, 0.1) is 11.8 Å². The Labute approximate surface area is 342 Å². The summed E-state index contributed by atoms with van der Waals surface area (Å²) < 4.78 is 43.1. The fourth-order valence-electron chi connectivity index (χ4n) is 8.93. The van der Waals surface area contributed by atoms with Gasteiger partial charge in [0.05, 0.1) is 49.6 Å². The maximum Gasteiger partial charge on any atom is 0.317 e. The third kappa shape index (κ3) is 6.86. The minimum Gasteiger partial charge on any atom is -0.507 e. The number of ketones is 2. The van der Waals surface area contributed by atoms with E-state index in [1.807, 2.05) is 19.9 Å². The molecular weight excluding hydrogens is 759 g/mol. The number of aliphatic hydroxyl groups is 1. The van der Waals surface area contributed by atoms with Crippen LogP contribution in [0.5, 0.6) is 17.4 Å². The summed E-state index contributed by atoms with van der Waals surface area (Å²) in [4.78, 5) is 45.0. The number of unbranched alkanes of at least 4 members (excludes halogenated alkanes) is 2. The lowest BCUT2D eigenvalue weighted by Gasteiger charge is -2.49. The van der Waals surface area contributed by atoms with E-state index in [2.05, 4.69) is 51.3 Å². The van der Waals surface area contributed by atoms with Crippen LogP contribution in [0.3, 0.4) is 0 Å². The number of carbonyl (C=O) groups is 3. The fraction of sp³-hybridized carbons (Fsp3) is 0.556. The number of allylic oxidation sites excluding steroid dienone is 3. The highest BCUT2D eigenvalue weighted by atomic mass is 28.3. The Morgan fingerprint density at radius 1 is 1.00 bits per heavy atom. The number of ether oxygens (including phenoxy) is 6. The number of rotatable bonds is 19. The molecule has 1 aromatic carbocycles. The monoisotopic (exact) mass is 817 g/mol. The van der Waals surface area contributed by atoms with E-state index in [1.165, 1.54) is 14.2 Å². The third-order valence-corrected chi connectivity index (χ3v) is 14.0. The van der Waals surface area contributed by atoms with Gasteiger partial charge in [-0.25, -0.2) is 0 Å². The number of hydrogen-bond acceptors (Lipinski definition) is 12. The van der Waals surface area contributed by atoms with E-state index in [0.717, 1.165) is 37.7 Å². The Morgan fingerprint density at radius 3 is 2.28 bits per heavy atom. The molecule has 0 amide bonds. The molecule has 4 atom stereocenters. The lowest BCUT2D eigenvalue weighted by Crippen LogP contribution is -2.55. The summed E-state index contributed by atoms with van der Waals surface area (Å²) in [6.45, 7) is 19.5. The molecule has 2 aromatic rings. The van der Waals surface area contributed by atoms with Crippen LogP contribution in [0.4, 0.5) is 0 Å². The number of esters is 1. The first-order valence-electron chi connectivity index (χ1n) is 20.5. The number of carbonyl (C=O) groups excluding carboxylic acids is 3. The van der Waals surface area contributed by atoms with Gasteiger partial charge in [-0.3, -0.25) is 14.4 Å². The van der Waals surface area contributed by atoms with Crippen molar-refractivity contribution in [3.05, 3.63) is 75.3 Å². The first-order valence-corrected chi connectivity index (χ1v) is 24.2. The summed E-state index contributed by atoms with van der Waals surface area (Å²) in [5.74, 6) is -6.78. The van der Waals surface area contributed by atoms with Gasteiger partial charge < -0.3 is 38.1 Å². The van der Waals surface area contributed by atoms with Crippen LogP contribution in [0.25, 0.3) is 5.57 Å². The van der Waals surface area contributed by atoms with E-state index in [1.54, 1.807) is 13.2 Å². The lowest BCUT2D eigenvalue weighted by molar-refractivity contribution is -0.212. The van der Waals surface area contributed by atoms with E-state index in [4.69, 9.17) is 32.9 Å². The highest BCUT2D eigenvalue weighted by molar-refractivity contribution is 6.76. The molecule has 0 radical (unpaired) electrons. The van der Waals surface area contributed by atoms with Crippen molar-refractivity contribution in [1.29, 1.82) is 0 Å². The Bertz CT molecular complexity index is 2080. The van der Waals surface area contributed by atoms with Gasteiger partial charge >= 0.3 is 5.97 Å². The third-order valence-electron chi connectivity index (χ3n) is 12.3. The molecule has 1 N–H and O–H groups in total. The zero-order chi connectivity index (χ0) is 42.3. The average molecular weight is 818 g/mol. The SMILES string of the molecule is C=CCCC(C)[C@]1(C)C=C2C3=C(C(=O)c4c(OCCCC)cc(OC)c1c42)C(O)=C1C(=O)c2c(OCCCC)noc2[C@@H](C(=O)OCC[Si](C)(C)C)[C@@H]1C3(OC)OC. The number of benzene rings is 1. The van der Waals surface area contributed by atoms with Gasteiger partial charge in [0.25, 0.3) is 5.88 Å². The van der Waals surface area contributed by atoms with Crippen LogP contribution in [0.1, 0.15) is 110 Å². The van der Waals surface area contributed by atoms with Gasteiger partial charge in [0, 0.05) is 50.5 Å². The molecule has 0 fully saturated rings. The smallest absolute Gasteiger partial charge is 0.317 e. The normalized spacial score (nSPS) is 22.1. The van der Waals surface area contributed by atoms with Gasteiger partial charge in [-0.15, -0.1) is 6.58 Å². The van der Waals surface area contributed by atoms with E-state index in [0.29, 0.717) is 41.7 Å².